The van der Waals surface area contributed by atoms with Gasteiger partial charge in [0, 0.05) is 67.8 Å². The number of aryl methyl sites for hydroxylation is 2. The molecule has 0 saturated heterocycles. The van der Waals surface area contributed by atoms with Crippen LogP contribution < -0.4 is 0 Å². The zero-order valence-corrected chi connectivity index (χ0v) is 18.3. The first-order valence-electron chi connectivity index (χ1n) is 11.3. The van der Waals surface area contributed by atoms with Crippen molar-refractivity contribution in [2.75, 3.05) is 0 Å². The van der Waals surface area contributed by atoms with E-state index in [4.69, 9.17) is 0 Å². The van der Waals surface area contributed by atoms with Gasteiger partial charge in [0.05, 0.1) is 0 Å². The Bertz CT molecular complexity index is 1540. The molecule has 6 aromatic rings. The molecule has 0 bridgehead atoms. The molecule has 2 aromatic heterocycles. The second-order valence-electron chi connectivity index (χ2n) is 8.32. The number of fused-ring (bicyclic) bond motifs is 6. The van der Waals surface area contributed by atoms with Crippen molar-refractivity contribution in [2.24, 2.45) is 0 Å². The highest BCUT2D eigenvalue weighted by atomic mass is 16.1. The lowest BCUT2D eigenvalue weighted by Gasteiger charge is -2.06. The van der Waals surface area contributed by atoms with E-state index in [9.17, 15) is 4.79 Å². The molecule has 0 atom stereocenters. The summed E-state index contributed by atoms with van der Waals surface area (Å²) in [6, 6.07) is 29.1. The average Bonchev–Trinajstić information content (AvgIpc) is 3.34. The van der Waals surface area contributed by atoms with Crippen LogP contribution in [0.5, 0.6) is 0 Å². The van der Waals surface area contributed by atoms with Gasteiger partial charge >= 0.3 is 0 Å². The van der Waals surface area contributed by atoms with Crippen LogP contribution in [-0.4, -0.2) is 14.9 Å². The summed E-state index contributed by atoms with van der Waals surface area (Å²) < 4.78 is 4.62. The normalized spacial score (nSPS) is 11.8. The Balaban J connectivity index is 1.53. The molecule has 6 rings (SSSR count). The van der Waals surface area contributed by atoms with Crippen molar-refractivity contribution in [1.82, 2.24) is 9.13 Å². The zero-order chi connectivity index (χ0) is 21.8. The first-order valence-corrected chi connectivity index (χ1v) is 11.3. The Labute approximate surface area is 186 Å². The van der Waals surface area contributed by atoms with Crippen LogP contribution in [0.2, 0.25) is 0 Å². The first-order chi connectivity index (χ1) is 15.7. The van der Waals surface area contributed by atoms with Gasteiger partial charge in [-0.05, 0) is 62.4 Å². The highest BCUT2D eigenvalue weighted by Gasteiger charge is 2.16. The van der Waals surface area contributed by atoms with E-state index in [1.54, 1.807) is 0 Å². The summed E-state index contributed by atoms with van der Waals surface area (Å²) in [6.07, 6.45) is 0. The molecule has 0 amide bonds. The van der Waals surface area contributed by atoms with Crippen LogP contribution in [0.1, 0.15) is 29.8 Å². The fourth-order valence-electron chi connectivity index (χ4n) is 5.24. The number of para-hydroxylation sites is 2. The lowest BCUT2D eigenvalue weighted by Crippen LogP contribution is -2.01. The molecule has 4 aromatic carbocycles. The average molecular weight is 417 g/mol. The number of benzene rings is 4. The third-order valence-corrected chi connectivity index (χ3v) is 6.70. The van der Waals surface area contributed by atoms with Gasteiger partial charge < -0.3 is 9.13 Å². The molecular formula is C29H24N2O. The highest BCUT2D eigenvalue weighted by molar-refractivity contribution is 6.17. The molecule has 0 aliphatic carbocycles. The van der Waals surface area contributed by atoms with E-state index in [1.165, 1.54) is 32.8 Å². The summed E-state index contributed by atoms with van der Waals surface area (Å²) in [5, 5.41) is 4.66. The first kappa shape index (κ1) is 18.9. The van der Waals surface area contributed by atoms with Crippen molar-refractivity contribution in [3.8, 4) is 0 Å². The van der Waals surface area contributed by atoms with Crippen molar-refractivity contribution in [1.29, 1.82) is 0 Å². The predicted molar refractivity (Wildman–Crippen MR) is 134 cm³/mol. The number of rotatable bonds is 4. The third-order valence-electron chi connectivity index (χ3n) is 6.70. The molecule has 0 spiro atoms. The molecule has 2 heterocycles. The van der Waals surface area contributed by atoms with Crippen LogP contribution >= 0.6 is 0 Å². The number of carbonyl (C=O) groups excluding carboxylic acids is 1. The molecule has 0 N–H and O–H groups in total. The largest absolute Gasteiger partial charge is 0.341 e. The van der Waals surface area contributed by atoms with E-state index >= 15 is 0 Å². The van der Waals surface area contributed by atoms with Crippen LogP contribution in [0.3, 0.4) is 0 Å². The van der Waals surface area contributed by atoms with Crippen LogP contribution in [0.25, 0.3) is 43.6 Å². The van der Waals surface area contributed by atoms with Gasteiger partial charge in [0.1, 0.15) is 0 Å². The number of hydrogen-bond acceptors (Lipinski definition) is 1. The number of ketones is 1. The van der Waals surface area contributed by atoms with Gasteiger partial charge in [-0.2, -0.15) is 0 Å². The van der Waals surface area contributed by atoms with Gasteiger partial charge in [0.15, 0.2) is 5.78 Å². The maximum atomic E-state index is 13.5. The van der Waals surface area contributed by atoms with E-state index in [1.807, 2.05) is 12.1 Å². The van der Waals surface area contributed by atoms with Crippen LogP contribution in [0.4, 0.5) is 0 Å². The van der Waals surface area contributed by atoms with E-state index in [2.05, 4.69) is 95.8 Å². The molecule has 0 fully saturated rings. The zero-order valence-electron chi connectivity index (χ0n) is 18.3. The van der Waals surface area contributed by atoms with Crippen molar-refractivity contribution in [3.63, 3.8) is 0 Å². The summed E-state index contributed by atoms with van der Waals surface area (Å²) in [4.78, 5) is 13.5. The Morgan fingerprint density at radius 3 is 1.41 bits per heavy atom. The molecule has 0 saturated carbocycles. The van der Waals surface area contributed by atoms with E-state index < -0.39 is 0 Å². The summed E-state index contributed by atoms with van der Waals surface area (Å²) in [5.41, 5.74) is 6.23. The van der Waals surface area contributed by atoms with Gasteiger partial charge in [-0.15, -0.1) is 0 Å². The van der Waals surface area contributed by atoms with Crippen molar-refractivity contribution >= 4 is 49.4 Å². The number of aromatic nitrogens is 2. The summed E-state index contributed by atoms with van der Waals surface area (Å²) in [5.74, 6) is 0.0652. The molecule has 3 heteroatoms. The Morgan fingerprint density at radius 1 is 0.562 bits per heavy atom. The second kappa shape index (κ2) is 7.10. The topological polar surface area (TPSA) is 26.9 Å². The quantitative estimate of drug-likeness (QED) is 0.280. The standard InChI is InChI=1S/C29H24N2O/c1-3-30-25-11-7-5-9-21(25)23-17-19(13-15-27(23)30)29(32)20-14-16-28-24(18-20)22-10-6-8-12-26(22)31(28)4-2/h5-18H,3-4H2,1-2H3. The second-order valence-corrected chi connectivity index (χ2v) is 8.32. The SMILES string of the molecule is CCn1c2ccccc2c2cc(C(=O)c3ccc4c(c3)c3ccccc3n4CC)ccc21. The highest BCUT2D eigenvalue weighted by Crippen LogP contribution is 2.32. The van der Waals surface area contributed by atoms with Crippen LogP contribution in [0.15, 0.2) is 84.9 Å². The lowest BCUT2D eigenvalue weighted by molar-refractivity contribution is 0.103. The number of hydrogen-bond donors (Lipinski definition) is 0. The van der Waals surface area contributed by atoms with Gasteiger partial charge in [-0.1, -0.05) is 36.4 Å². The Kier molecular flexibility index (Phi) is 4.19. The summed E-state index contributed by atoms with van der Waals surface area (Å²) in [6.45, 7) is 6.12. The Morgan fingerprint density at radius 2 is 0.969 bits per heavy atom. The number of nitrogens with zero attached hydrogens (tertiary/aromatic N) is 2. The predicted octanol–water partition coefficient (Wildman–Crippen LogP) is 7.17. The van der Waals surface area contributed by atoms with E-state index in [-0.39, 0.29) is 5.78 Å². The molecule has 3 nitrogen and oxygen atoms in total. The summed E-state index contributed by atoms with van der Waals surface area (Å²) in [7, 11) is 0. The molecule has 0 aliphatic heterocycles. The van der Waals surface area contributed by atoms with Crippen LogP contribution in [0, 0.1) is 0 Å². The molecule has 32 heavy (non-hydrogen) atoms. The van der Waals surface area contributed by atoms with E-state index in [0.717, 1.165) is 35.0 Å². The maximum absolute atomic E-state index is 13.5. The third kappa shape index (κ3) is 2.57. The van der Waals surface area contributed by atoms with Gasteiger partial charge in [0.2, 0.25) is 0 Å². The van der Waals surface area contributed by atoms with Gasteiger partial charge in [0.25, 0.3) is 0 Å². The minimum absolute atomic E-state index is 0.0652. The minimum Gasteiger partial charge on any atom is -0.341 e. The fourth-order valence-corrected chi connectivity index (χ4v) is 5.24. The van der Waals surface area contributed by atoms with Crippen LogP contribution in [-0.2, 0) is 13.1 Å². The van der Waals surface area contributed by atoms with E-state index in [0.29, 0.717) is 0 Å². The smallest absolute Gasteiger partial charge is 0.193 e. The maximum Gasteiger partial charge on any atom is 0.193 e. The monoisotopic (exact) mass is 416 g/mol. The van der Waals surface area contributed by atoms with Crippen molar-refractivity contribution in [2.45, 2.75) is 26.9 Å². The fraction of sp³-hybridized carbons (Fsp3) is 0.138. The molecular weight excluding hydrogens is 392 g/mol. The lowest BCUT2D eigenvalue weighted by atomic mass is 9.99. The molecule has 156 valence electrons. The minimum atomic E-state index is 0.0652. The van der Waals surface area contributed by atoms with Crippen molar-refractivity contribution < 1.29 is 4.79 Å². The molecule has 0 unspecified atom stereocenters. The van der Waals surface area contributed by atoms with Gasteiger partial charge in [-0.25, -0.2) is 0 Å². The molecule has 0 aliphatic rings. The molecule has 0 radical (unpaired) electrons. The van der Waals surface area contributed by atoms with Crippen molar-refractivity contribution in [3.05, 3.63) is 96.1 Å². The Hall–Kier alpha value is -3.85. The number of carbonyl (C=O) groups is 1. The summed E-state index contributed by atoms with van der Waals surface area (Å²) >= 11 is 0. The van der Waals surface area contributed by atoms with Gasteiger partial charge in [-0.3, -0.25) is 4.79 Å².